The third-order valence-corrected chi connectivity index (χ3v) is 3.58. The lowest BCUT2D eigenvalue weighted by molar-refractivity contribution is -0.147. The van der Waals surface area contributed by atoms with Crippen LogP contribution in [0.4, 0.5) is 0 Å². The van der Waals surface area contributed by atoms with Gasteiger partial charge in [-0.1, -0.05) is 6.92 Å². The molecule has 0 spiro atoms. The van der Waals surface area contributed by atoms with Crippen molar-refractivity contribution >= 4 is 23.6 Å². The minimum atomic E-state index is -0.874. The first-order valence-electron chi connectivity index (χ1n) is 5.26. The SMILES string of the molecule is CCCSCC(=O)N1CCC[C@@H]1C(=O)O. The second kappa shape index (κ2) is 6.00. The molecule has 1 aliphatic heterocycles. The number of hydrogen-bond donors (Lipinski definition) is 1. The summed E-state index contributed by atoms with van der Waals surface area (Å²) in [5, 5.41) is 8.90. The van der Waals surface area contributed by atoms with Crippen LogP contribution in [-0.4, -0.2) is 46.0 Å². The molecule has 1 N–H and O–H groups in total. The second-order valence-electron chi connectivity index (χ2n) is 3.64. The van der Waals surface area contributed by atoms with Gasteiger partial charge in [0.2, 0.25) is 5.91 Å². The predicted molar refractivity (Wildman–Crippen MR) is 60.0 cm³/mol. The molecule has 1 aliphatic rings. The zero-order chi connectivity index (χ0) is 11.3. The van der Waals surface area contributed by atoms with Crippen molar-refractivity contribution in [3.05, 3.63) is 0 Å². The smallest absolute Gasteiger partial charge is 0.326 e. The van der Waals surface area contributed by atoms with Gasteiger partial charge in [-0.3, -0.25) is 4.79 Å². The summed E-state index contributed by atoms with van der Waals surface area (Å²) in [5.41, 5.74) is 0. The summed E-state index contributed by atoms with van der Waals surface area (Å²) in [4.78, 5) is 24.0. The van der Waals surface area contributed by atoms with Crippen molar-refractivity contribution in [2.24, 2.45) is 0 Å². The number of aliphatic carboxylic acids is 1. The first-order chi connectivity index (χ1) is 7.16. The van der Waals surface area contributed by atoms with E-state index in [1.807, 2.05) is 0 Å². The van der Waals surface area contributed by atoms with Gasteiger partial charge in [-0.2, -0.15) is 11.8 Å². The van der Waals surface area contributed by atoms with Crippen LogP contribution in [-0.2, 0) is 9.59 Å². The molecule has 5 heteroatoms. The second-order valence-corrected chi connectivity index (χ2v) is 4.74. The third kappa shape index (κ3) is 3.41. The van der Waals surface area contributed by atoms with Crippen LogP contribution >= 0.6 is 11.8 Å². The summed E-state index contributed by atoms with van der Waals surface area (Å²) in [6, 6.07) is -0.584. The van der Waals surface area contributed by atoms with Gasteiger partial charge in [0.15, 0.2) is 0 Å². The number of carbonyl (C=O) groups is 2. The van der Waals surface area contributed by atoms with Crippen molar-refractivity contribution in [1.29, 1.82) is 0 Å². The van der Waals surface area contributed by atoms with Crippen molar-refractivity contribution < 1.29 is 14.7 Å². The molecule has 0 unspecified atom stereocenters. The minimum Gasteiger partial charge on any atom is -0.480 e. The Labute approximate surface area is 94.0 Å². The summed E-state index contributed by atoms with van der Waals surface area (Å²) in [6.45, 7) is 2.66. The molecular weight excluding hydrogens is 214 g/mol. The van der Waals surface area contributed by atoms with E-state index in [0.717, 1.165) is 18.6 Å². The van der Waals surface area contributed by atoms with E-state index in [0.29, 0.717) is 18.7 Å². The number of thioether (sulfide) groups is 1. The van der Waals surface area contributed by atoms with Crippen molar-refractivity contribution in [3.8, 4) is 0 Å². The van der Waals surface area contributed by atoms with E-state index in [9.17, 15) is 9.59 Å². The van der Waals surface area contributed by atoms with Crippen molar-refractivity contribution in [2.75, 3.05) is 18.1 Å². The van der Waals surface area contributed by atoms with Crippen molar-refractivity contribution in [3.63, 3.8) is 0 Å². The highest BCUT2D eigenvalue weighted by Gasteiger charge is 2.33. The number of carboxylic acid groups (broad SMARTS) is 1. The molecule has 1 amide bonds. The molecule has 1 rings (SSSR count). The highest BCUT2D eigenvalue weighted by Crippen LogP contribution is 2.18. The molecule has 1 fully saturated rings. The average molecular weight is 231 g/mol. The largest absolute Gasteiger partial charge is 0.480 e. The van der Waals surface area contributed by atoms with Crippen LogP contribution in [0.3, 0.4) is 0 Å². The van der Waals surface area contributed by atoms with Crippen LogP contribution in [0.25, 0.3) is 0 Å². The molecule has 0 saturated carbocycles. The Balaban J connectivity index is 2.40. The van der Waals surface area contributed by atoms with E-state index < -0.39 is 12.0 Å². The number of rotatable bonds is 5. The Kier molecular flexibility index (Phi) is 4.94. The van der Waals surface area contributed by atoms with E-state index in [1.165, 1.54) is 4.90 Å². The first-order valence-corrected chi connectivity index (χ1v) is 6.42. The van der Waals surface area contributed by atoms with Crippen LogP contribution in [0.2, 0.25) is 0 Å². The van der Waals surface area contributed by atoms with Crippen LogP contribution in [0.15, 0.2) is 0 Å². The number of carbonyl (C=O) groups excluding carboxylic acids is 1. The molecule has 0 aliphatic carbocycles. The molecular formula is C10H17NO3S. The highest BCUT2D eigenvalue weighted by molar-refractivity contribution is 7.99. The lowest BCUT2D eigenvalue weighted by Crippen LogP contribution is -2.41. The van der Waals surface area contributed by atoms with Gasteiger partial charge in [-0.25, -0.2) is 4.79 Å². The van der Waals surface area contributed by atoms with Gasteiger partial charge >= 0.3 is 5.97 Å². The van der Waals surface area contributed by atoms with E-state index in [2.05, 4.69) is 6.92 Å². The standard InChI is InChI=1S/C10H17NO3S/c1-2-6-15-7-9(12)11-5-3-4-8(11)10(13)14/h8H,2-7H2,1H3,(H,13,14)/t8-/m1/s1. The van der Waals surface area contributed by atoms with E-state index in [4.69, 9.17) is 5.11 Å². The molecule has 0 aromatic heterocycles. The topological polar surface area (TPSA) is 57.6 Å². The fourth-order valence-corrected chi connectivity index (χ4v) is 2.48. The zero-order valence-corrected chi connectivity index (χ0v) is 9.76. The summed E-state index contributed by atoms with van der Waals surface area (Å²) < 4.78 is 0. The number of amides is 1. The molecule has 0 aromatic carbocycles. The van der Waals surface area contributed by atoms with Crippen LogP contribution < -0.4 is 0 Å². The maximum Gasteiger partial charge on any atom is 0.326 e. The van der Waals surface area contributed by atoms with Crippen LogP contribution in [0.5, 0.6) is 0 Å². The monoisotopic (exact) mass is 231 g/mol. The highest BCUT2D eigenvalue weighted by atomic mass is 32.2. The number of carboxylic acids is 1. The summed E-state index contributed by atoms with van der Waals surface area (Å²) in [6.07, 6.45) is 2.45. The molecule has 1 saturated heterocycles. The Morgan fingerprint density at radius 2 is 2.27 bits per heavy atom. The molecule has 15 heavy (non-hydrogen) atoms. The fourth-order valence-electron chi connectivity index (χ4n) is 1.71. The molecule has 1 atom stereocenters. The van der Waals surface area contributed by atoms with E-state index >= 15 is 0 Å². The van der Waals surface area contributed by atoms with Gasteiger partial charge in [0.05, 0.1) is 5.75 Å². The molecule has 86 valence electrons. The average Bonchev–Trinajstić information content (AvgIpc) is 2.66. The van der Waals surface area contributed by atoms with Crippen LogP contribution in [0, 0.1) is 0 Å². The van der Waals surface area contributed by atoms with Crippen molar-refractivity contribution in [2.45, 2.75) is 32.2 Å². The predicted octanol–water partition coefficient (Wildman–Crippen LogP) is 1.21. The summed E-state index contributed by atoms with van der Waals surface area (Å²) in [5.74, 6) is 0.467. The van der Waals surface area contributed by atoms with Gasteiger partial charge in [0.25, 0.3) is 0 Å². The molecule has 0 radical (unpaired) electrons. The maximum absolute atomic E-state index is 11.7. The Morgan fingerprint density at radius 1 is 1.53 bits per heavy atom. The van der Waals surface area contributed by atoms with Gasteiger partial charge in [-0.05, 0) is 25.0 Å². The quantitative estimate of drug-likeness (QED) is 0.722. The lowest BCUT2D eigenvalue weighted by Gasteiger charge is -2.21. The maximum atomic E-state index is 11.7. The van der Waals surface area contributed by atoms with Gasteiger partial charge in [0.1, 0.15) is 6.04 Å². The first kappa shape index (κ1) is 12.4. The van der Waals surface area contributed by atoms with Gasteiger partial charge in [0, 0.05) is 6.54 Å². The normalized spacial score (nSPS) is 20.6. The Hall–Kier alpha value is -0.710. The van der Waals surface area contributed by atoms with Gasteiger partial charge < -0.3 is 10.0 Å². The van der Waals surface area contributed by atoms with Gasteiger partial charge in [-0.15, -0.1) is 0 Å². The number of hydrogen-bond acceptors (Lipinski definition) is 3. The number of likely N-dealkylation sites (tertiary alicyclic amines) is 1. The summed E-state index contributed by atoms with van der Waals surface area (Å²) in [7, 11) is 0. The lowest BCUT2D eigenvalue weighted by atomic mass is 10.2. The van der Waals surface area contributed by atoms with Crippen molar-refractivity contribution in [1.82, 2.24) is 4.90 Å². The minimum absolute atomic E-state index is 0.0293. The van der Waals surface area contributed by atoms with E-state index in [1.54, 1.807) is 11.8 Å². The third-order valence-electron chi connectivity index (χ3n) is 2.43. The number of nitrogens with zero attached hydrogens (tertiary/aromatic N) is 1. The van der Waals surface area contributed by atoms with Crippen LogP contribution in [0.1, 0.15) is 26.2 Å². The summed E-state index contributed by atoms with van der Waals surface area (Å²) >= 11 is 1.58. The molecule has 0 bridgehead atoms. The zero-order valence-electron chi connectivity index (χ0n) is 8.94. The Morgan fingerprint density at radius 3 is 2.87 bits per heavy atom. The molecule has 4 nitrogen and oxygen atoms in total. The fraction of sp³-hybridized carbons (Fsp3) is 0.800. The molecule has 0 aromatic rings. The Bertz CT molecular complexity index is 245. The van der Waals surface area contributed by atoms with E-state index in [-0.39, 0.29) is 5.91 Å². The molecule has 1 heterocycles.